The third kappa shape index (κ3) is 6.36. The molecule has 8 heteroatoms. The van der Waals surface area contributed by atoms with Crippen LogP contribution in [-0.2, 0) is 40.0 Å². The van der Waals surface area contributed by atoms with Gasteiger partial charge in [-0.25, -0.2) is 13.7 Å². The molecular formula is C20H31N2O4PS. The molecule has 28 heavy (non-hydrogen) atoms. The number of benzene rings is 1. The lowest BCUT2D eigenvalue weighted by atomic mass is 10.0. The Hall–Kier alpha value is -1.30. The van der Waals surface area contributed by atoms with Crippen molar-refractivity contribution in [3.63, 3.8) is 0 Å². The van der Waals surface area contributed by atoms with Crippen LogP contribution in [0.3, 0.4) is 0 Å². The van der Waals surface area contributed by atoms with Crippen LogP contribution in [-0.4, -0.2) is 45.6 Å². The molecule has 3 unspecified atom stereocenters. The van der Waals surface area contributed by atoms with Crippen LogP contribution in [0.2, 0.25) is 0 Å². The van der Waals surface area contributed by atoms with Crippen LogP contribution in [0.25, 0.3) is 0 Å². The molecule has 0 bridgehead atoms. The largest absolute Gasteiger partial charge is 0.445 e. The number of aryl methyl sites for hydroxylation is 2. The van der Waals surface area contributed by atoms with Crippen LogP contribution in [0.1, 0.15) is 49.8 Å². The molecule has 0 radical (unpaired) electrons. The molecule has 1 saturated heterocycles. The van der Waals surface area contributed by atoms with Gasteiger partial charge in [0, 0.05) is 12.7 Å². The Morgan fingerprint density at radius 1 is 1.25 bits per heavy atom. The molecule has 1 aromatic carbocycles. The van der Waals surface area contributed by atoms with E-state index < -0.39 is 22.5 Å². The first kappa shape index (κ1) is 23.0. The summed E-state index contributed by atoms with van der Waals surface area (Å²) in [6.45, 7) is 5.01. The summed E-state index contributed by atoms with van der Waals surface area (Å²) in [7, 11) is 0.864. The van der Waals surface area contributed by atoms with Crippen LogP contribution >= 0.6 is 9.24 Å². The Morgan fingerprint density at radius 3 is 2.68 bits per heavy atom. The number of hydrogen-bond acceptors (Lipinski definition) is 4. The van der Waals surface area contributed by atoms with Crippen LogP contribution in [0.4, 0.5) is 4.79 Å². The molecule has 2 rings (SSSR count). The normalized spacial score (nSPS) is 18.0. The molecule has 1 amide bonds. The van der Waals surface area contributed by atoms with Gasteiger partial charge in [-0.15, -0.1) is 9.24 Å². The number of piperidine rings is 1. The maximum atomic E-state index is 12.6. The minimum Gasteiger partial charge on any atom is -0.445 e. The summed E-state index contributed by atoms with van der Waals surface area (Å²) in [4.78, 5) is 25.6. The summed E-state index contributed by atoms with van der Waals surface area (Å²) >= 11 is 0. The molecular weight excluding hydrogens is 395 g/mol. The first-order valence-corrected chi connectivity index (χ1v) is 11.9. The van der Waals surface area contributed by atoms with Gasteiger partial charge in [-0.2, -0.15) is 0 Å². The lowest BCUT2D eigenvalue weighted by molar-refractivity contribution is -0.115. The van der Waals surface area contributed by atoms with Crippen LogP contribution in [0.5, 0.6) is 0 Å². The smallest absolute Gasteiger partial charge is 0.411 e. The maximum Gasteiger partial charge on any atom is 0.411 e. The average Bonchev–Trinajstić information content (AvgIpc) is 2.75. The summed E-state index contributed by atoms with van der Waals surface area (Å²) in [5.74, 6) is -0.0365. The first-order valence-electron chi connectivity index (χ1n) is 9.90. The van der Waals surface area contributed by atoms with E-state index >= 15 is 0 Å². The molecule has 1 aliphatic rings. The van der Waals surface area contributed by atoms with Gasteiger partial charge in [0.2, 0.25) is 0 Å². The number of hydrogen-bond donors (Lipinski definition) is 1. The number of ketones is 1. The van der Waals surface area contributed by atoms with Gasteiger partial charge in [0.25, 0.3) is 0 Å². The third-order valence-electron chi connectivity index (χ3n) is 4.96. The molecule has 1 aromatic rings. The number of carbonyl (C=O) groups excluding carboxylic acids is 2. The Kier molecular flexibility index (Phi) is 9.56. The quantitative estimate of drug-likeness (QED) is 0.616. The summed E-state index contributed by atoms with van der Waals surface area (Å²) in [6.07, 6.45) is 4.19. The van der Waals surface area contributed by atoms with Crippen molar-refractivity contribution in [1.29, 1.82) is 0 Å². The molecule has 3 atom stereocenters. The van der Waals surface area contributed by atoms with Crippen molar-refractivity contribution < 1.29 is 18.5 Å². The molecule has 1 fully saturated rings. The van der Waals surface area contributed by atoms with Crippen molar-refractivity contribution in [3.8, 4) is 0 Å². The van der Waals surface area contributed by atoms with E-state index in [2.05, 4.69) is 39.9 Å². The number of nitrogens with zero attached hydrogens (tertiary/aromatic N) is 1. The summed E-state index contributed by atoms with van der Waals surface area (Å²) in [6, 6.07) is 6.18. The fraction of sp³-hybridized carbons (Fsp3) is 0.600. The van der Waals surface area contributed by atoms with Gasteiger partial charge >= 0.3 is 6.09 Å². The number of rotatable bonds is 9. The second-order valence-electron chi connectivity index (χ2n) is 6.87. The molecule has 6 nitrogen and oxygen atoms in total. The van der Waals surface area contributed by atoms with Crippen molar-refractivity contribution in [1.82, 2.24) is 9.62 Å². The van der Waals surface area contributed by atoms with Gasteiger partial charge in [-0.05, 0) is 48.8 Å². The zero-order valence-corrected chi connectivity index (χ0v) is 18.7. The van der Waals surface area contributed by atoms with Crippen LogP contribution in [0.15, 0.2) is 18.2 Å². The second kappa shape index (κ2) is 11.6. The van der Waals surface area contributed by atoms with E-state index in [9.17, 15) is 13.8 Å². The van der Waals surface area contributed by atoms with Gasteiger partial charge in [-0.3, -0.25) is 9.69 Å². The Bertz CT molecular complexity index is 713. The molecule has 0 aliphatic carbocycles. The zero-order chi connectivity index (χ0) is 20.5. The fourth-order valence-corrected chi connectivity index (χ4v) is 4.77. The number of carbonyl (C=O) groups is 2. The molecule has 1 heterocycles. The highest BCUT2D eigenvalue weighted by atomic mass is 32.2. The minimum absolute atomic E-state index is 0.0365. The van der Waals surface area contributed by atoms with Crippen molar-refractivity contribution in [2.45, 2.75) is 57.9 Å². The zero-order valence-electron chi connectivity index (χ0n) is 16.7. The number of nitrogens with one attached hydrogen (secondary N) is 1. The summed E-state index contributed by atoms with van der Waals surface area (Å²) < 4.78 is 20.8. The molecule has 0 saturated carbocycles. The summed E-state index contributed by atoms with van der Waals surface area (Å²) in [5, 5.41) is -0.466. The second-order valence-corrected chi connectivity index (χ2v) is 8.71. The number of likely N-dealkylation sites (tertiary alicyclic amines) is 1. The molecule has 0 spiro atoms. The predicted molar refractivity (Wildman–Crippen MR) is 115 cm³/mol. The number of ether oxygens (including phenoxy) is 1. The van der Waals surface area contributed by atoms with E-state index in [1.54, 1.807) is 4.90 Å². The van der Waals surface area contributed by atoms with Gasteiger partial charge in [-0.1, -0.05) is 32.0 Å². The fourth-order valence-electron chi connectivity index (χ4n) is 3.32. The van der Waals surface area contributed by atoms with Crippen LogP contribution < -0.4 is 4.72 Å². The molecule has 156 valence electrons. The van der Waals surface area contributed by atoms with Crippen molar-refractivity contribution in [2.75, 3.05) is 19.3 Å². The van der Waals surface area contributed by atoms with E-state index in [4.69, 9.17) is 4.74 Å². The van der Waals surface area contributed by atoms with Gasteiger partial charge < -0.3 is 4.74 Å². The maximum absolute atomic E-state index is 12.6. The van der Waals surface area contributed by atoms with Gasteiger partial charge in [0.1, 0.15) is 23.0 Å². The van der Waals surface area contributed by atoms with E-state index in [1.165, 1.54) is 11.1 Å². The van der Waals surface area contributed by atoms with E-state index in [-0.39, 0.29) is 18.9 Å². The Labute approximate surface area is 172 Å². The van der Waals surface area contributed by atoms with Gasteiger partial charge in [0.15, 0.2) is 5.78 Å². The standard InChI is InChI=1S/C20H31N2O4PS/c1-3-16-9-8-15(11-17(16)4-2)13-26-20(24)22-10-6-5-7-19(22)28(25)21-12-18(23)14-27/h8-9,11,19,21H,3-7,10,12-14,27H2,1-2H3. The third-order valence-corrected chi connectivity index (χ3v) is 6.83. The lowest BCUT2D eigenvalue weighted by Gasteiger charge is -2.34. The van der Waals surface area contributed by atoms with E-state index in [1.807, 2.05) is 6.07 Å². The Balaban J connectivity index is 1.97. The van der Waals surface area contributed by atoms with Crippen LogP contribution in [0, 0.1) is 0 Å². The number of amides is 1. The topological polar surface area (TPSA) is 75.7 Å². The molecule has 1 N–H and O–H groups in total. The highest BCUT2D eigenvalue weighted by Gasteiger charge is 2.32. The van der Waals surface area contributed by atoms with E-state index in [0.717, 1.165) is 31.2 Å². The average molecular weight is 427 g/mol. The molecule has 0 aromatic heterocycles. The monoisotopic (exact) mass is 426 g/mol. The highest BCUT2D eigenvalue weighted by molar-refractivity contribution is 7.83. The van der Waals surface area contributed by atoms with Crippen molar-refractivity contribution >= 4 is 32.1 Å². The van der Waals surface area contributed by atoms with Crippen molar-refractivity contribution in [2.24, 2.45) is 0 Å². The molecule has 1 aliphatic heterocycles. The predicted octanol–water partition coefficient (Wildman–Crippen LogP) is 2.96. The highest BCUT2D eigenvalue weighted by Crippen LogP contribution is 2.21. The minimum atomic E-state index is -1.49. The van der Waals surface area contributed by atoms with Gasteiger partial charge in [0.05, 0.1) is 6.54 Å². The van der Waals surface area contributed by atoms with E-state index in [0.29, 0.717) is 19.1 Å². The summed E-state index contributed by atoms with van der Waals surface area (Å²) in [5.41, 5.74) is 3.55. The van der Waals surface area contributed by atoms with Crippen molar-refractivity contribution in [3.05, 3.63) is 34.9 Å². The Morgan fingerprint density at radius 2 is 2.00 bits per heavy atom. The number of Topliss-reactive ketones (excluding diaryl/α,β-unsaturated/α-hetero) is 1. The lowest BCUT2D eigenvalue weighted by Crippen LogP contribution is -2.49. The first-order chi connectivity index (χ1) is 13.5. The SMILES string of the molecule is CCc1ccc(COC(=O)N2CCCCC2S(=O)NCC(=O)CP)cc1CC.